The molecule has 1 aromatic rings. The van der Waals surface area contributed by atoms with Crippen molar-refractivity contribution in [3.8, 4) is 0 Å². The number of carbonyl (C=O) groups excluding carboxylic acids is 1. The fraction of sp³-hybridized carbons (Fsp3) is 0.455. The molecule has 0 fully saturated rings. The van der Waals surface area contributed by atoms with Crippen molar-refractivity contribution in [3.63, 3.8) is 0 Å². The number of likely N-dealkylation sites (N-methyl/N-ethyl adjacent to an activating group) is 1. The Bertz CT molecular complexity index is 343. The monoisotopic (exact) mass is 207 g/mol. The van der Waals surface area contributed by atoms with Crippen molar-refractivity contribution in [2.45, 2.75) is 26.8 Å². The molecule has 0 aliphatic rings. The molecule has 0 aliphatic carbocycles. The summed E-state index contributed by atoms with van der Waals surface area (Å²) < 4.78 is 0. The molecule has 4 heteroatoms. The molecule has 1 atom stereocenters. The maximum Gasteiger partial charge on any atom is 0.242 e. The van der Waals surface area contributed by atoms with Crippen molar-refractivity contribution in [3.05, 3.63) is 23.4 Å². The van der Waals surface area contributed by atoms with Crippen LogP contribution in [0.25, 0.3) is 0 Å². The molecule has 1 amide bonds. The third kappa shape index (κ3) is 3.32. The Balaban J connectivity index is 2.76. The minimum Gasteiger partial charge on any atom is -0.309 e. The predicted octanol–water partition coefficient (Wildman–Crippen LogP) is 1.24. The SMILES string of the molecule is CNC(C)C(=O)Nc1cc(C)cc(C)n1. The smallest absolute Gasteiger partial charge is 0.242 e. The largest absolute Gasteiger partial charge is 0.309 e. The van der Waals surface area contributed by atoms with E-state index < -0.39 is 0 Å². The third-order valence-corrected chi connectivity index (χ3v) is 2.18. The maximum absolute atomic E-state index is 11.6. The van der Waals surface area contributed by atoms with Gasteiger partial charge in [0.25, 0.3) is 0 Å². The topological polar surface area (TPSA) is 54.0 Å². The molecule has 0 saturated heterocycles. The van der Waals surface area contributed by atoms with Crippen molar-refractivity contribution < 1.29 is 4.79 Å². The van der Waals surface area contributed by atoms with Gasteiger partial charge in [0.15, 0.2) is 0 Å². The van der Waals surface area contributed by atoms with E-state index in [9.17, 15) is 4.79 Å². The molecule has 0 spiro atoms. The number of aromatic nitrogens is 1. The number of hydrogen-bond acceptors (Lipinski definition) is 3. The molecule has 1 aromatic heterocycles. The Kier molecular flexibility index (Phi) is 3.80. The van der Waals surface area contributed by atoms with Crippen molar-refractivity contribution in [1.82, 2.24) is 10.3 Å². The molecule has 82 valence electrons. The molecule has 1 heterocycles. The highest BCUT2D eigenvalue weighted by Gasteiger charge is 2.10. The van der Waals surface area contributed by atoms with Crippen LogP contribution in [0.3, 0.4) is 0 Å². The first-order chi connectivity index (χ1) is 7.02. The van der Waals surface area contributed by atoms with Gasteiger partial charge in [-0.3, -0.25) is 4.79 Å². The van der Waals surface area contributed by atoms with E-state index in [1.54, 1.807) is 14.0 Å². The van der Waals surface area contributed by atoms with Gasteiger partial charge in [0.1, 0.15) is 5.82 Å². The number of carbonyl (C=O) groups is 1. The predicted molar refractivity (Wildman–Crippen MR) is 60.9 cm³/mol. The van der Waals surface area contributed by atoms with E-state index in [1.807, 2.05) is 26.0 Å². The third-order valence-electron chi connectivity index (χ3n) is 2.18. The van der Waals surface area contributed by atoms with Gasteiger partial charge in [-0.05, 0) is 45.5 Å². The highest BCUT2D eigenvalue weighted by Crippen LogP contribution is 2.09. The number of aryl methyl sites for hydroxylation is 2. The maximum atomic E-state index is 11.6. The first kappa shape index (κ1) is 11.7. The zero-order chi connectivity index (χ0) is 11.4. The van der Waals surface area contributed by atoms with Crippen LogP contribution < -0.4 is 10.6 Å². The molecule has 0 bridgehead atoms. The summed E-state index contributed by atoms with van der Waals surface area (Å²) in [6.07, 6.45) is 0. The molecule has 0 aromatic carbocycles. The van der Waals surface area contributed by atoms with Gasteiger partial charge in [-0.25, -0.2) is 4.98 Å². The average molecular weight is 207 g/mol. The molecule has 2 N–H and O–H groups in total. The quantitative estimate of drug-likeness (QED) is 0.784. The number of hydrogen-bond donors (Lipinski definition) is 2. The minimum absolute atomic E-state index is 0.0741. The van der Waals surface area contributed by atoms with Gasteiger partial charge in [0.2, 0.25) is 5.91 Å². The van der Waals surface area contributed by atoms with Crippen LogP contribution in [0.4, 0.5) is 5.82 Å². The van der Waals surface area contributed by atoms with Crippen LogP contribution in [0.1, 0.15) is 18.2 Å². The van der Waals surface area contributed by atoms with E-state index >= 15 is 0 Å². The van der Waals surface area contributed by atoms with Crippen LogP contribution in [-0.2, 0) is 4.79 Å². The number of nitrogens with zero attached hydrogens (tertiary/aromatic N) is 1. The number of rotatable bonds is 3. The Morgan fingerprint density at radius 2 is 2.07 bits per heavy atom. The zero-order valence-corrected chi connectivity index (χ0v) is 9.59. The minimum atomic E-state index is -0.215. The van der Waals surface area contributed by atoms with Gasteiger partial charge in [-0.1, -0.05) is 0 Å². The zero-order valence-electron chi connectivity index (χ0n) is 9.59. The van der Waals surface area contributed by atoms with E-state index in [1.165, 1.54) is 0 Å². The second kappa shape index (κ2) is 4.89. The summed E-state index contributed by atoms with van der Waals surface area (Å²) in [6, 6.07) is 3.61. The summed E-state index contributed by atoms with van der Waals surface area (Å²) in [5.74, 6) is 0.537. The Hall–Kier alpha value is -1.42. The van der Waals surface area contributed by atoms with E-state index in [0.717, 1.165) is 11.3 Å². The molecule has 0 saturated carbocycles. The fourth-order valence-electron chi connectivity index (χ4n) is 1.27. The van der Waals surface area contributed by atoms with E-state index in [-0.39, 0.29) is 11.9 Å². The van der Waals surface area contributed by atoms with Gasteiger partial charge < -0.3 is 10.6 Å². The lowest BCUT2D eigenvalue weighted by molar-refractivity contribution is -0.117. The van der Waals surface area contributed by atoms with Crippen LogP contribution in [0.5, 0.6) is 0 Å². The molecular weight excluding hydrogens is 190 g/mol. The van der Waals surface area contributed by atoms with Gasteiger partial charge in [0.05, 0.1) is 6.04 Å². The van der Waals surface area contributed by atoms with Gasteiger partial charge in [-0.2, -0.15) is 0 Å². The number of amides is 1. The van der Waals surface area contributed by atoms with E-state index in [4.69, 9.17) is 0 Å². The summed E-state index contributed by atoms with van der Waals surface area (Å²) in [5, 5.41) is 5.64. The molecular formula is C11H17N3O. The summed E-state index contributed by atoms with van der Waals surface area (Å²) >= 11 is 0. The summed E-state index contributed by atoms with van der Waals surface area (Å²) in [7, 11) is 1.75. The summed E-state index contributed by atoms with van der Waals surface area (Å²) in [5.41, 5.74) is 2.00. The van der Waals surface area contributed by atoms with Crippen LogP contribution in [0, 0.1) is 13.8 Å². The van der Waals surface area contributed by atoms with Crippen LogP contribution in [0.15, 0.2) is 12.1 Å². The highest BCUT2D eigenvalue weighted by atomic mass is 16.2. The van der Waals surface area contributed by atoms with E-state index in [2.05, 4.69) is 15.6 Å². The molecule has 15 heavy (non-hydrogen) atoms. The van der Waals surface area contributed by atoms with Crippen molar-refractivity contribution in [2.75, 3.05) is 12.4 Å². The van der Waals surface area contributed by atoms with Crippen molar-refractivity contribution in [2.24, 2.45) is 0 Å². The van der Waals surface area contributed by atoms with Crippen LogP contribution in [-0.4, -0.2) is 24.0 Å². The lowest BCUT2D eigenvalue weighted by atomic mass is 10.2. The highest BCUT2D eigenvalue weighted by molar-refractivity contribution is 5.93. The first-order valence-corrected chi connectivity index (χ1v) is 4.96. The molecule has 0 radical (unpaired) electrons. The van der Waals surface area contributed by atoms with E-state index in [0.29, 0.717) is 5.82 Å². The Morgan fingerprint density at radius 3 is 2.60 bits per heavy atom. The molecule has 1 unspecified atom stereocenters. The van der Waals surface area contributed by atoms with Crippen LogP contribution >= 0.6 is 0 Å². The van der Waals surface area contributed by atoms with Gasteiger partial charge >= 0.3 is 0 Å². The molecule has 0 aliphatic heterocycles. The standard InChI is InChI=1S/C11H17N3O/c1-7-5-8(2)13-10(6-7)14-11(15)9(3)12-4/h5-6,9,12H,1-4H3,(H,13,14,15). The lowest BCUT2D eigenvalue weighted by Crippen LogP contribution is -2.35. The normalized spacial score (nSPS) is 12.3. The second-order valence-corrected chi connectivity index (χ2v) is 3.67. The van der Waals surface area contributed by atoms with Crippen molar-refractivity contribution >= 4 is 11.7 Å². The first-order valence-electron chi connectivity index (χ1n) is 4.96. The lowest BCUT2D eigenvalue weighted by Gasteiger charge is -2.11. The summed E-state index contributed by atoms with van der Waals surface area (Å²) in [4.78, 5) is 15.8. The fourth-order valence-corrected chi connectivity index (χ4v) is 1.27. The second-order valence-electron chi connectivity index (χ2n) is 3.67. The number of nitrogens with one attached hydrogen (secondary N) is 2. The molecule has 4 nitrogen and oxygen atoms in total. The van der Waals surface area contributed by atoms with Crippen LogP contribution in [0.2, 0.25) is 0 Å². The number of pyridine rings is 1. The summed E-state index contributed by atoms with van der Waals surface area (Å²) in [6.45, 7) is 5.69. The Morgan fingerprint density at radius 1 is 1.40 bits per heavy atom. The van der Waals surface area contributed by atoms with Gasteiger partial charge in [0, 0.05) is 5.69 Å². The average Bonchev–Trinajstić information content (AvgIpc) is 2.14. The number of anilines is 1. The molecule has 1 rings (SSSR count). The Labute approximate surface area is 90.1 Å². The van der Waals surface area contributed by atoms with Gasteiger partial charge in [-0.15, -0.1) is 0 Å². The van der Waals surface area contributed by atoms with Crippen molar-refractivity contribution in [1.29, 1.82) is 0 Å².